The van der Waals surface area contributed by atoms with Crippen molar-refractivity contribution in [3.05, 3.63) is 39.9 Å². The first kappa shape index (κ1) is 25.1. The topological polar surface area (TPSA) is 145 Å². The van der Waals surface area contributed by atoms with Gasteiger partial charge in [0.1, 0.15) is 12.6 Å². The molecule has 0 saturated carbocycles. The van der Waals surface area contributed by atoms with Crippen molar-refractivity contribution in [1.29, 1.82) is 0 Å². The number of ether oxygens (including phenoxy) is 2. The Morgan fingerprint density at radius 1 is 1.16 bits per heavy atom. The summed E-state index contributed by atoms with van der Waals surface area (Å²) in [6, 6.07) is 4.63. The van der Waals surface area contributed by atoms with Gasteiger partial charge in [-0.05, 0) is 37.0 Å². The van der Waals surface area contributed by atoms with Crippen LogP contribution in [0.1, 0.15) is 37.7 Å². The fraction of sp³-hybridized carbons (Fsp3) is 0.500. The average molecular weight is 470 g/mol. The maximum atomic E-state index is 12.5. The molecule has 0 spiro atoms. The summed E-state index contributed by atoms with van der Waals surface area (Å²) in [5.41, 5.74) is 0.520. The highest BCUT2D eigenvalue weighted by Crippen LogP contribution is 2.20. The molecular formula is C20H24ClN3O8. The van der Waals surface area contributed by atoms with Crippen LogP contribution in [0, 0.1) is 10.1 Å². The molecule has 0 unspecified atom stereocenters. The Labute approximate surface area is 189 Å². The second kappa shape index (κ2) is 12.6. The summed E-state index contributed by atoms with van der Waals surface area (Å²) in [6.45, 7) is 0.0333. The molecule has 1 fully saturated rings. The maximum absolute atomic E-state index is 12.5. The molecule has 32 heavy (non-hydrogen) atoms. The van der Waals surface area contributed by atoms with Crippen LogP contribution in [0.2, 0.25) is 0 Å². The van der Waals surface area contributed by atoms with E-state index in [9.17, 15) is 29.3 Å². The minimum atomic E-state index is -0.747. The maximum Gasteiger partial charge on any atom is 0.329 e. The van der Waals surface area contributed by atoms with Gasteiger partial charge in [-0.15, -0.1) is 0 Å². The highest BCUT2D eigenvalue weighted by atomic mass is 35.5. The number of nitrogens with zero attached hydrogens (tertiary/aromatic N) is 2. The Morgan fingerprint density at radius 3 is 2.53 bits per heavy atom. The lowest BCUT2D eigenvalue weighted by Crippen LogP contribution is -2.46. The molecule has 1 N–H and O–H groups in total. The third kappa shape index (κ3) is 7.80. The molecule has 1 aliphatic heterocycles. The second-order valence-corrected chi connectivity index (χ2v) is 7.25. The van der Waals surface area contributed by atoms with Crippen molar-refractivity contribution < 1.29 is 33.6 Å². The number of nitro benzene ring substituents is 1. The number of amides is 2. The Balaban J connectivity index is 1.75. The minimum Gasteiger partial charge on any atom is -0.459 e. The van der Waals surface area contributed by atoms with E-state index in [1.54, 1.807) is 0 Å². The van der Waals surface area contributed by atoms with E-state index in [2.05, 4.69) is 10.1 Å². The predicted molar refractivity (Wildman–Crippen MR) is 111 cm³/mol. The third-order valence-electron chi connectivity index (χ3n) is 4.81. The van der Waals surface area contributed by atoms with E-state index >= 15 is 0 Å². The van der Waals surface area contributed by atoms with E-state index in [-0.39, 0.29) is 44.2 Å². The zero-order chi connectivity index (χ0) is 23.5. The lowest BCUT2D eigenvalue weighted by Gasteiger charge is -2.23. The Kier molecular flexibility index (Phi) is 9.86. The molecule has 174 valence electrons. The largest absolute Gasteiger partial charge is 0.459 e. The Morgan fingerprint density at radius 2 is 1.88 bits per heavy atom. The van der Waals surface area contributed by atoms with Crippen molar-refractivity contribution >= 4 is 41.0 Å². The van der Waals surface area contributed by atoms with Crippen LogP contribution in [0.15, 0.2) is 24.3 Å². The van der Waals surface area contributed by atoms with Crippen LogP contribution in [-0.4, -0.2) is 58.8 Å². The number of likely N-dealkylation sites (tertiary alicyclic amines) is 1. The summed E-state index contributed by atoms with van der Waals surface area (Å²) in [5, 5.41) is 13.2. The molecule has 11 nitrogen and oxygen atoms in total. The molecule has 1 aromatic carbocycles. The Hall–Kier alpha value is -3.21. The molecule has 0 aromatic heterocycles. The first-order valence-electron chi connectivity index (χ1n) is 9.99. The number of carbonyl (C=O) groups excluding carboxylic acids is 4. The summed E-state index contributed by atoms with van der Waals surface area (Å²) in [5.74, 6) is -1.88. The van der Waals surface area contributed by atoms with E-state index in [4.69, 9.17) is 16.3 Å². The van der Waals surface area contributed by atoms with Gasteiger partial charge in [0, 0.05) is 31.5 Å². The summed E-state index contributed by atoms with van der Waals surface area (Å²) >= 11 is 5.27. The number of nitro groups is 1. The molecule has 1 heterocycles. The van der Waals surface area contributed by atoms with Crippen LogP contribution in [0.3, 0.4) is 0 Å². The van der Waals surface area contributed by atoms with Crippen molar-refractivity contribution in [2.24, 2.45) is 0 Å². The molecule has 12 heteroatoms. The fourth-order valence-corrected chi connectivity index (χ4v) is 3.29. The summed E-state index contributed by atoms with van der Waals surface area (Å²) in [7, 11) is 0. The quantitative estimate of drug-likeness (QED) is 0.223. The zero-order valence-electron chi connectivity index (χ0n) is 17.3. The lowest BCUT2D eigenvalue weighted by molar-refractivity contribution is -0.384. The smallest absolute Gasteiger partial charge is 0.329 e. The first-order valence-corrected chi connectivity index (χ1v) is 10.5. The number of hydrogen-bond acceptors (Lipinski definition) is 8. The molecule has 0 aliphatic carbocycles. The Bertz CT molecular complexity index is 846. The molecule has 1 aliphatic rings. The fourth-order valence-electron chi connectivity index (χ4n) is 3.17. The first-order chi connectivity index (χ1) is 15.3. The molecule has 1 aromatic rings. The molecule has 1 atom stereocenters. The molecule has 2 amide bonds. The van der Waals surface area contributed by atoms with Gasteiger partial charge in [-0.2, -0.15) is 0 Å². The van der Waals surface area contributed by atoms with E-state index in [1.165, 1.54) is 29.2 Å². The molecule has 2 rings (SSSR count). The summed E-state index contributed by atoms with van der Waals surface area (Å²) < 4.78 is 9.82. The lowest BCUT2D eigenvalue weighted by atomic mass is 10.2. The number of hydrogen-bond donors (Lipinski definition) is 1. The van der Waals surface area contributed by atoms with Crippen molar-refractivity contribution in [1.82, 2.24) is 10.2 Å². The zero-order valence-corrected chi connectivity index (χ0v) is 18.0. The number of nitrogens with one attached hydrogen (secondary N) is 1. The van der Waals surface area contributed by atoms with Crippen LogP contribution in [0.4, 0.5) is 5.69 Å². The highest BCUT2D eigenvalue weighted by Gasteiger charge is 2.35. The number of benzene rings is 1. The number of carbonyl (C=O) groups is 4. The van der Waals surface area contributed by atoms with Crippen LogP contribution in [0.5, 0.6) is 0 Å². The molecule has 0 bridgehead atoms. The van der Waals surface area contributed by atoms with Gasteiger partial charge >= 0.3 is 11.9 Å². The van der Waals surface area contributed by atoms with Crippen LogP contribution >= 0.6 is 11.6 Å². The number of non-ortho nitro benzene ring substituents is 1. The van der Waals surface area contributed by atoms with E-state index in [0.717, 1.165) is 0 Å². The van der Waals surface area contributed by atoms with Gasteiger partial charge in [-0.25, -0.2) is 4.79 Å². The number of rotatable bonds is 11. The highest BCUT2D eigenvalue weighted by molar-refractivity contribution is 6.17. The van der Waals surface area contributed by atoms with Crippen molar-refractivity contribution in [2.45, 2.75) is 44.8 Å². The van der Waals surface area contributed by atoms with Crippen molar-refractivity contribution in [3.63, 3.8) is 0 Å². The van der Waals surface area contributed by atoms with E-state index in [0.29, 0.717) is 24.9 Å². The second-order valence-electron chi connectivity index (χ2n) is 7.03. The predicted octanol–water partition coefficient (Wildman–Crippen LogP) is 1.65. The van der Waals surface area contributed by atoms with Gasteiger partial charge in [0.2, 0.25) is 11.8 Å². The summed E-state index contributed by atoms with van der Waals surface area (Å²) in [6.07, 6.45) is 1.42. The molecular weight excluding hydrogens is 446 g/mol. The SMILES string of the molecule is O=C(CCCC(=O)OCCl)NCC(=O)N1CCC[C@H]1C(=O)OCc1ccc([N+](=O)[O-])cc1. The van der Waals surface area contributed by atoms with Crippen LogP contribution in [-0.2, 0) is 35.3 Å². The van der Waals surface area contributed by atoms with Gasteiger partial charge in [0.05, 0.1) is 11.5 Å². The van der Waals surface area contributed by atoms with Crippen LogP contribution < -0.4 is 5.32 Å². The van der Waals surface area contributed by atoms with Gasteiger partial charge in [0.15, 0.2) is 6.07 Å². The molecule has 1 saturated heterocycles. The number of alkyl halides is 1. The van der Waals surface area contributed by atoms with E-state index in [1.807, 2.05) is 0 Å². The van der Waals surface area contributed by atoms with Gasteiger partial charge in [-0.1, -0.05) is 11.6 Å². The number of halogens is 1. The number of esters is 2. The minimum absolute atomic E-state index is 0.0445. The van der Waals surface area contributed by atoms with Crippen molar-refractivity contribution in [3.8, 4) is 0 Å². The van der Waals surface area contributed by atoms with Gasteiger partial charge < -0.3 is 19.7 Å². The van der Waals surface area contributed by atoms with E-state index < -0.39 is 34.7 Å². The van der Waals surface area contributed by atoms with Crippen LogP contribution in [0.25, 0.3) is 0 Å². The normalized spacial score (nSPS) is 15.2. The van der Waals surface area contributed by atoms with Crippen molar-refractivity contribution in [2.75, 3.05) is 19.2 Å². The third-order valence-corrected chi connectivity index (χ3v) is 4.92. The van der Waals surface area contributed by atoms with Gasteiger partial charge in [0.25, 0.3) is 5.69 Å². The molecule has 0 radical (unpaired) electrons. The average Bonchev–Trinajstić information content (AvgIpc) is 3.26. The summed E-state index contributed by atoms with van der Waals surface area (Å²) in [4.78, 5) is 59.5. The standard InChI is InChI=1S/C20H24ClN3O8/c21-13-32-19(27)5-1-4-17(25)22-11-18(26)23-10-2-3-16(23)20(28)31-12-14-6-8-15(9-7-14)24(29)30/h6-9,16H,1-5,10-13H2,(H,22,25)/t16-/m0/s1. The monoisotopic (exact) mass is 469 g/mol. The van der Waals surface area contributed by atoms with Gasteiger partial charge in [-0.3, -0.25) is 24.5 Å².